The molecule has 0 spiro atoms. The zero-order valence-electron chi connectivity index (χ0n) is 15.6. The molecule has 4 heterocycles. The van der Waals surface area contributed by atoms with E-state index in [0.29, 0.717) is 0 Å². The average Bonchev–Trinajstić information content (AvgIpc) is 3.47. The fourth-order valence-corrected chi connectivity index (χ4v) is 1.59. The molecule has 31 heavy (non-hydrogen) atoms. The number of carbonyl (C=O) groups excluding carboxylic acids is 2. The first-order valence-electron chi connectivity index (χ1n) is 8.07. The van der Waals surface area contributed by atoms with Gasteiger partial charge in [-0.25, -0.2) is 9.97 Å². The summed E-state index contributed by atoms with van der Waals surface area (Å²) < 4.78 is 0. The van der Waals surface area contributed by atoms with Crippen LogP contribution in [0, 0.1) is 0 Å². The molecule has 4 rings (SSSR count). The van der Waals surface area contributed by atoms with E-state index in [0.717, 1.165) is 0 Å². The van der Waals surface area contributed by atoms with Crippen molar-refractivity contribution in [2.24, 2.45) is 0 Å². The van der Waals surface area contributed by atoms with Crippen LogP contribution in [0.5, 0.6) is 0 Å². The largest absolute Gasteiger partial charge is 2.00 e. The second kappa shape index (κ2) is 15.7. The van der Waals surface area contributed by atoms with E-state index in [1.807, 2.05) is 0 Å². The van der Waals surface area contributed by atoms with Crippen LogP contribution in [0.3, 0.4) is 0 Å². The summed E-state index contributed by atoms with van der Waals surface area (Å²) in [5.41, 5.74) is -1.96. The number of aromatic amines is 4. The molecule has 4 N–H and O–H groups in total. The summed E-state index contributed by atoms with van der Waals surface area (Å²) >= 11 is 0. The van der Waals surface area contributed by atoms with Crippen molar-refractivity contribution < 1.29 is 36.3 Å². The Morgan fingerprint density at radius 2 is 1.10 bits per heavy atom. The number of aromatic nitrogens is 6. The number of hydrogen-bond donors (Lipinski definition) is 4. The van der Waals surface area contributed by atoms with Gasteiger partial charge in [-0.15, -0.1) is 0 Å². The third-order valence-electron chi connectivity index (χ3n) is 2.89. The molecule has 0 atom stereocenters. The number of carboxylic acid groups (broad SMARTS) is 2. The molecule has 0 fully saturated rings. The van der Waals surface area contributed by atoms with E-state index in [1.165, 1.54) is 36.7 Å². The Morgan fingerprint density at radius 1 is 0.710 bits per heavy atom. The van der Waals surface area contributed by atoms with Crippen molar-refractivity contribution in [1.29, 1.82) is 0 Å². The van der Waals surface area contributed by atoms with Crippen molar-refractivity contribution in [3.63, 3.8) is 0 Å². The Hall–Kier alpha value is -4.25. The third-order valence-corrected chi connectivity index (χ3v) is 2.89. The number of carboxylic acids is 2. The van der Waals surface area contributed by atoms with Gasteiger partial charge in [-0.05, 0) is 24.3 Å². The standard InChI is InChI=1S/2C6H5NO3.2C3H4N2.Ni/c2*8-5-4(6(9)10)2-1-3-7-5;2*1-2-5-3-4-1;/h2*1-3H,(H,7,8)(H,9,10);2*1-3H,(H,4,5);/q;;;;+2/p-2. The molecule has 13 heteroatoms. The second-order valence-electron chi connectivity index (χ2n) is 4.92. The first kappa shape index (κ1) is 26.8. The summed E-state index contributed by atoms with van der Waals surface area (Å²) in [4.78, 5) is 58.6. The Labute approximate surface area is 184 Å². The average molecular weight is 471 g/mol. The molecule has 4 aromatic heterocycles. The van der Waals surface area contributed by atoms with Gasteiger partial charge in [0.05, 0.1) is 35.7 Å². The first-order chi connectivity index (χ1) is 14.4. The molecule has 0 amide bonds. The van der Waals surface area contributed by atoms with E-state index in [4.69, 9.17) is 0 Å². The number of nitrogens with one attached hydrogen (secondary N) is 4. The molecule has 0 unspecified atom stereocenters. The number of H-pyrrole nitrogens is 4. The minimum absolute atomic E-state index is 0. The molecule has 12 nitrogen and oxygen atoms in total. The minimum atomic E-state index is -1.46. The van der Waals surface area contributed by atoms with Crippen molar-refractivity contribution in [1.82, 2.24) is 29.9 Å². The van der Waals surface area contributed by atoms with E-state index in [2.05, 4.69) is 29.9 Å². The fraction of sp³-hybridized carbons (Fsp3) is 0. The van der Waals surface area contributed by atoms with E-state index >= 15 is 0 Å². The number of carbonyl (C=O) groups is 2. The van der Waals surface area contributed by atoms with Crippen LogP contribution in [0.4, 0.5) is 0 Å². The summed E-state index contributed by atoms with van der Waals surface area (Å²) in [5.74, 6) is -2.91. The molecule has 164 valence electrons. The molecular weight excluding hydrogens is 455 g/mol. The molecule has 0 aliphatic heterocycles. The quantitative estimate of drug-likeness (QED) is 0.247. The van der Waals surface area contributed by atoms with Crippen LogP contribution in [0.1, 0.15) is 20.7 Å². The van der Waals surface area contributed by atoms with E-state index < -0.39 is 23.1 Å². The second-order valence-corrected chi connectivity index (χ2v) is 4.92. The van der Waals surface area contributed by atoms with Gasteiger partial charge < -0.3 is 39.7 Å². The maximum absolute atomic E-state index is 10.6. The van der Waals surface area contributed by atoms with Gasteiger partial charge in [-0.1, -0.05) is 0 Å². The molecule has 0 aromatic carbocycles. The van der Waals surface area contributed by atoms with Gasteiger partial charge in [0.2, 0.25) is 0 Å². The zero-order chi connectivity index (χ0) is 22.2. The van der Waals surface area contributed by atoms with Crippen LogP contribution in [0.2, 0.25) is 0 Å². The van der Waals surface area contributed by atoms with Gasteiger partial charge in [-0.3, -0.25) is 9.59 Å². The van der Waals surface area contributed by atoms with E-state index in [-0.39, 0.29) is 27.6 Å². The molecule has 4 aromatic rings. The SMILES string of the molecule is O=C([O-])c1ccc[nH]c1=O.O=C([O-])c1ccc[nH]c1=O.[Ni+2].c1c[nH]cn1.c1c[nH]cn1. The molecule has 0 aliphatic rings. The normalized spacial score (nSPS) is 8.52. The first-order valence-corrected chi connectivity index (χ1v) is 8.07. The molecule has 0 saturated carbocycles. The summed E-state index contributed by atoms with van der Waals surface area (Å²) in [6.45, 7) is 0. The van der Waals surface area contributed by atoms with Crippen LogP contribution in [-0.2, 0) is 16.5 Å². The van der Waals surface area contributed by atoms with Crippen LogP contribution >= 0.6 is 0 Å². The van der Waals surface area contributed by atoms with Gasteiger partial charge in [0, 0.05) is 37.2 Å². The number of pyridine rings is 2. The van der Waals surface area contributed by atoms with Gasteiger partial charge in [0.1, 0.15) is 0 Å². The third kappa shape index (κ3) is 11.4. The predicted molar refractivity (Wildman–Crippen MR) is 100.0 cm³/mol. The van der Waals surface area contributed by atoms with Crippen molar-refractivity contribution >= 4 is 11.9 Å². The summed E-state index contributed by atoms with van der Waals surface area (Å²) in [6, 6.07) is 5.22. The van der Waals surface area contributed by atoms with Crippen molar-refractivity contribution in [3.05, 3.63) is 106 Å². The van der Waals surface area contributed by atoms with Crippen LogP contribution in [0.25, 0.3) is 0 Å². The van der Waals surface area contributed by atoms with Gasteiger partial charge in [0.25, 0.3) is 11.1 Å². The summed E-state index contributed by atoms with van der Waals surface area (Å²) in [6.07, 6.45) is 12.9. The predicted octanol–water partition coefficient (Wildman–Crippen LogP) is -1.71. The Kier molecular flexibility index (Phi) is 13.5. The molecule has 0 bridgehead atoms. The molecule has 0 saturated heterocycles. The number of imidazole rings is 2. The minimum Gasteiger partial charge on any atom is -0.545 e. The van der Waals surface area contributed by atoms with E-state index in [9.17, 15) is 29.4 Å². The molecule has 0 radical (unpaired) electrons. The summed E-state index contributed by atoms with van der Waals surface area (Å²) in [5, 5.41) is 20.2. The smallest absolute Gasteiger partial charge is 0.545 e. The summed E-state index contributed by atoms with van der Waals surface area (Å²) in [7, 11) is 0. The van der Waals surface area contributed by atoms with Crippen LogP contribution in [-0.4, -0.2) is 41.8 Å². The van der Waals surface area contributed by atoms with Crippen LogP contribution in [0.15, 0.2) is 83.7 Å². The van der Waals surface area contributed by atoms with Crippen molar-refractivity contribution in [2.75, 3.05) is 0 Å². The van der Waals surface area contributed by atoms with Crippen molar-refractivity contribution in [3.8, 4) is 0 Å². The van der Waals surface area contributed by atoms with Crippen LogP contribution < -0.4 is 21.3 Å². The Bertz CT molecular complexity index is 985. The Morgan fingerprint density at radius 3 is 1.26 bits per heavy atom. The van der Waals surface area contributed by atoms with Crippen molar-refractivity contribution in [2.45, 2.75) is 0 Å². The molecular formula is C18H16N6NiO6. The van der Waals surface area contributed by atoms with E-state index in [1.54, 1.807) is 37.4 Å². The van der Waals surface area contributed by atoms with Gasteiger partial charge in [-0.2, -0.15) is 0 Å². The maximum atomic E-state index is 10.6. The fourth-order valence-electron chi connectivity index (χ4n) is 1.59. The van der Waals surface area contributed by atoms with Gasteiger partial charge >= 0.3 is 16.5 Å². The monoisotopic (exact) mass is 470 g/mol. The number of aromatic carboxylic acids is 2. The number of rotatable bonds is 2. The number of hydrogen-bond acceptors (Lipinski definition) is 8. The molecule has 0 aliphatic carbocycles. The topological polar surface area (TPSA) is 203 Å². The zero-order valence-corrected chi connectivity index (χ0v) is 16.6. The Balaban J connectivity index is 0.000000401. The maximum Gasteiger partial charge on any atom is 2.00 e. The number of nitrogens with zero attached hydrogens (tertiary/aromatic N) is 2. The van der Waals surface area contributed by atoms with Gasteiger partial charge in [0.15, 0.2) is 0 Å².